The van der Waals surface area contributed by atoms with E-state index in [0.717, 1.165) is 12.0 Å². The largest absolute Gasteiger partial charge is 0.416 e. The summed E-state index contributed by atoms with van der Waals surface area (Å²) in [5.74, 6) is 0.162. The maximum atomic E-state index is 12.8. The van der Waals surface area contributed by atoms with E-state index in [1.165, 1.54) is 12.1 Å². The van der Waals surface area contributed by atoms with Crippen molar-refractivity contribution >= 4 is 0 Å². The van der Waals surface area contributed by atoms with Gasteiger partial charge in [0.1, 0.15) is 0 Å². The van der Waals surface area contributed by atoms with Gasteiger partial charge in [-0.2, -0.15) is 13.2 Å². The minimum atomic E-state index is -4.24. The molecule has 0 aliphatic heterocycles. The fourth-order valence-electron chi connectivity index (χ4n) is 3.27. The molecule has 3 atom stereocenters. The first-order valence-corrected chi connectivity index (χ1v) is 5.44. The summed E-state index contributed by atoms with van der Waals surface area (Å²) in [5.41, 5.74) is 6.81. The molecule has 0 radical (unpaired) electrons. The van der Waals surface area contributed by atoms with Gasteiger partial charge in [-0.3, -0.25) is 0 Å². The van der Waals surface area contributed by atoms with Gasteiger partial charge in [0.05, 0.1) is 5.56 Å². The number of fused-ring (bicyclic) bond motifs is 5. The van der Waals surface area contributed by atoms with Crippen molar-refractivity contribution in [2.24, 2.45) is 5.73 Å². The van der Waals surface area contributed by atoms with Crippen molar-refractivity contribution < 1.29 is 13.2 Å². The summed E-state index contributed by atoms with van der Waals surface area (Å²) < 4.78 is 38.5. The molecule has 3 rings (SSSR count). The number of benzene rings is 1. The lowest BCUT2D eigenvalue weighted by atomic mass is 9.86. The number of nitrogens with two attached hydrogens (primary N) is 1. The Labute approximate surface area is 91.4 Å². The van der Waals surface area contributed by atoms with E-state index < -0.39 is 11.7 Å². The molecular weight excluding hydrogens is 215 g/mol. The lowest BCUT2D eigenvalue weighted by Crippen LogP contribution is -2.26. The van der Waals surface area contributed by atoms with Gasteiger partial charge < -0.3 is 5.73 Å². The average molecular weight is 227 g/mol. The van der Waals surface area contributed by atoms with Crippen molar-refractivity contribution in [1.82, 2.24) is 0 Å². The van der Waals surface area contributed by atoms with Gasteiger partial charge in [-0.1, -0.05) is 12.1 Å². The molecule has 2 unspecified atom stereocenters. The second kappa shape index (κ2) is 3.00. The van der Waals surface area contributed by atoms with Crippen LogP contribution in [0.25, 0.3) is 0 Å². The lowest BCUT2D eigenvalue weighted by Gasteiger charge is -2.24. The zero-order chi connectivity index (χ0) is 11.5. The minimum absolute atomic E-state index is 0.0211. The first kappa shape index (κ1) is 10.1. The standard InChI is InChI=1S/C12H12F3N/c13-12(14,15)9-3-1-2-7-8-4-6(11(7)9)5-10(8)16/h1-3,6,8,10H,4-5,16H2/t6?,8?,10-/m1/s1. The molecule has 1 aromatic carbocycles. The van der Waals surface area contributed by atoms with E-state index in [0.29, 0.717) is 12.0 Å². The monoisotopic (exact) mass is 227 g/mol. The van der Waals surface area contributed by atoms with E-state index in [2.05, 4.69) is 0 Å². The Morgan fingerprint density at radius 1 is 1.19 bits per heavy atom. The third-order valence-corrected chi connectivity index (χ3v) is 3.86. The molecule has 0 amide bonds. The summed E-state index contributed by atoms with van der Waals surface area (Å²) in [6.07, 6.45) is -2.74. The van der Waals surface area contributed by atoms with Crippen LogP contribution in [-0.2, 0) is 6.18 Å². The van der Waals surface area contributed by atoms with Crippen LogP contribution in [0.4, 0.5) is 13.2 Å². The van der Waals surface area contributed by atoms with Crippen LogP contribution in [0.15, 0.2) is 18.2 Å². The summed E-state index contributed by atoms with van der Waals surface area (Å²) in [6.45, 7) is 0. The molecule has 0 saturated heterocycles. The summed E-state index contributed by atoms with van der Waals surface area (Å²) in [6, 6.07) is 4.52. The third-order valence-electron chi connectivity index (χ3n) is 3.86. The molecule has 2 N–H and O–H groups in total. The fourth-order valence-corrected chi connectivity index (χ4v) is 3.27. The van der Waals surface area contributed by atoms with Crippen molar-refractivity contribution in [3.05, 3.63) is 34.9 Å². The highest BCUT2D eigenvalue weighted by Gasteiger charge is 2.47. The summed E-state index contributed by atoms with van der Waals surface area (Å²) in [5, 5.41) is 0. The number of alkyl halides is 3. The van der Waals surface area contributed by atoms with E-state index in [-0.39, 0.29) is 17.9 Å². The van der Waals surface area contributed by atoms with Crippen molar-refractivity contribution in [3.8, 4) is 0 Å². The van der Waals surface area contributed by atoms with E-state index in [9.17, 15) is 13.2 Å². The molecule has 0 spiro atoms. The quantitative estimate of drug-likeness (QED) is 0.724. The molecule has 2 aliphatic rings. The fraction of sp³-hybridized carbons (Fsp3) is 0.500. The smallest absolute Gasteiger partial charge is 0.327 e. The molecule has 1 nitrogen and oxygen atoms in total. The van der Waals surface area contributed by atoms with Crippen LogP contribution in [0, 0.1) is 0 Å². The van der Waals surface area contributed by atoms with Gasteiger partial charge in [-0.25, -0.2) is 0 Å². The van der Waals surface area contributed by atoms with Crippen molar-refractivity contribution in [3.63, 3.8) is 0 Å². The van der Waals surface area contributed by atoms with Gasteiger partial charge in [-0.15, -0.1) is 0 Å². The number of rotatable bonds is 0. The van der Waals surface area contributed by atoms with Gasteiger partial charge in [0, 0.05) is 6.04 Å². The van der Waals surface area contributed by atoms with Crippen LogP contribution in [-0.4, -0.2) is 6.04 Å². The van der Waals surface area contributed by atoms with Gasteiger partial charge in [0.25, 0.3) is 0 Å². The van der Waals surface area contributed by atoms with Crippen LogP contribution in [0.3, 0.4) is 0 Å². The minimum Gasteiger partial charge on any atom is -0.327 e. The predicted octanol–water partition coefficient (Wildman–Crippen LogP) is 3.01. The first-order valence-electron chi connectivity index (χ1n) is 5.44. The van der Waals surface area contributed by atoms with Gasteiger partial charge in [0.15, 0.2) is 0 Å². The van der Waals surface area contributed by atoms with E-state index >= 15 is 0 Å². The van der Waals surface area contributed by atoms with Gasteiger partial charge in [0.2, 0.25) is 0 Å². The molecule has 0 aromatic heterocycles. The van der Waals surface area contributed by atoms with E-state index in [1.807, 2.05) is 0 Å². The van der Waals surface area contributed by atoms with Crippen molar-refractivity contribution in [2.45, 2.75) is 36.9 Å². The van der Waals surface area contributed by atoms with Crippen LogP contribution in [0.1, 0.15) is 41.4 Å². The Morgan fingerprint density at radius 2 is 1.94 bits per heavy atom. The zero-order valence-corrected chi connectivity index (χ0v) is 8.59. The summed E-state index contributed by atoms with van der Waals surface area (Å²) in [7, 11) is 0. The van der Waals surface area contributed by atoms with Crippen LogP contribution in [0.2, 0.25) is 0 Å². The van der Waals surface area contributed by atoms with E-state index in [1.54, 1.807) is 6.07 Å². The van der Waals surface area contributed by atoms with Gasteiger partial charge >= 0.3 is 6.18 Å². The Morgan fingerprint density at radius 3 is 2.62 bits per heavy atom. The van der Waals surface area contributed by atoms with Crippen molar-refractivity contribution in [2.75, 3.05) is 0 Å². The highest BCUT2D eigenvalue weighted by Crippen LogP contribution is 2.55. The topological polar surface area (TPSA) is 26.0 Å². The normalized spacial score (nSPS) is 31.9. The molecule has 2 aliphatic carbocycles. The maximum absolute atomic E-state index is 12.8. The zero-order valence-electron chi connectivity index (χ0n) is 8.59. The predicted molar refractivity (Wildman–Crippen MR) is 54.1 cm³/mol. The van der Waals surface area contributed by atoms with Gasteiger partial charge in [-0.05, 0) is 41.9 Å². The number of halogens is 3. The lowest BCUT2D eigenvalue weighted by molar-refractivity contribution is -0.138. The Kier molecular flexibility index (Phi) is 1.90. The van der Waals surface area contributed by atoms with Crippen LogP contribution in [0.5, 0.6) is 0 Å². The number of hydrogen-bond acceptors (Lipinski definition) is 1. The van der Waals surface area contributed by atoms with Crippen LogP contribution >= 0.6 is 0 Å². The molecule has 2 bridgehead atoms. The Bertz CT molecular complexity index is 438. The molecule has 1 fully saturated rings. The van der Waals surface area contributed by atoms with E-state index in [4.69, 9.17) is 5.73 Å². The molecule has 16 heavy (non-hydrogen) atoms. The average Bonchev–Trinajstić information content (AvgIpc) is 2.73. The molecule has 4 heteroatoms. The first-order chi connectivity index (χ1) is 7.48. The Balaban J connectivity index is 2.17. The number of hydrogen-bond donors (Lipinski definition) is 1. The van der Waals surface area contributed by atoms with Crippen LogP contribution < -0.4 is 5.73 Å². The maximum Gasteiger partial charge on any atom is 0.416 e. The second-order valence-corrected chi connectivity index (χ2v) is 4.74. The summed E-state index contributed by atoms with van der Waals surface area (Å²) >= 11 is 0. The van der Waals surface area contributed by atoms with Crippen molar-refractivity contribution in [1.29, 1.82) is 0 Å². The molecule has 0 heterocycles. The SMILES string of the molecule is N[C@@H]1CC2CC1c1cccc(C(F)(F)F)c12. The third kappa shape index (κ3) is 1.22. The molecule has 1 aromatic rings. The Hall–Kier alpha value is -1.03. The molecular formula is C12H12F3N. The highest BCUT2D eigenvalue weighted by molar-refractivity contribution is 5.48. The second-order valence-electron chi connectivity index (χ2n) is 4.74. The molecule has 1 saturated carbocycles. The highest BCUT2D eigenvalue weighted by atomic mass is 19.4. The summed E-state index contributed by atoms with van der Waals surface area (Å²) in [4.78, 5) is 0. The molecule has 86 valence electrons.